The fraction of sp³-hybridized carbons (Fsp3) is 0.130. The highest BCUT2D eigenvalue weighted by molar-refractivity contribution is 5.99. The van der Waals surface area contributed by atoms with Crippen molar-refractivity contribution in [1.82, 2.24) is 20.3 Å². The molecule has 0 saturated carbocycles. The maximum Gasteiger partial charge on any atom is 0.328 e. The van der Waals surface area contributed by atoms with Gasteiger partial charge in [0, 0.05) is 29.9 Å². The highest BCUT2D eigenvalue weighted by Gasteiger charge is 2.23. The molecule has 0 aliphatic heterocycles. The Morgan fingerprint density at radius 2 is 1.84 bits per heavy atom. The predicted octanol–water partition coefficient (Wildman–Crippen LogP) is 2.55. The van der Waals surface area contributed by atoms with Crippen LogP contribution in [0.3, 0.4) is 0 Å². The van der Waals surface area contributed by atoms with E-state index in [1.807, 2.05) is 12.1 Å². The second kappa shape index (κ2) is 8.76. The van der Waals surface area contributed by atoms with Gasteiger partial charge in [0.25, 0.3) is 5.91 Å². The number of aromatic amines is 1. The van der Waals surface area contributed by atoms with E-state index in [1.165, 1.54) is 19.2 Å². The average molecular weight is 432 g/mol. The van der Waals surface area contributed by atoms with Gasteiger partial charge in [0.15, 0.2) is 11.5 Å². The number of ether oxygens (including phenoxy) is 1. The number of esters is 1. The number of phenolic OH excluding ortho intramolecular Hbond substituents is 2. The number of hydrogen-bond acceptors (Lipinski definition) is 7. The monoisotopic (exact) mass is 432 g/mol. The lowest BCUT2D eigenvalue weighted by Gasteiger charge is -2.17. The van der Waals surface area contributed by atoms with Gasteiger partial charge in [-0.3, -0.25) is 9.78 Å². The number of aromatic nitrogens is 3. The third kappa shape index (κ3) is 4.36. The van der Waals surface area contributed by atoms with Gasteiger partial charge in [-0.2, -0.15) is 0 Å². The highest BCUT2D eigenvalue weighted by atomic mass is 16.5. The third-order valence-electron chi connectivity index (χ3n) is 4.97. The number of benzene rings is 2. The van der Waals surface area contributed by atoms with Gasteiger partial charge in [-0.05, 0) is 48.0 Å². The standard InChI is InChI=1S/C23H20N4O5/c1-32-23(31)18(10-13-2-5-19(28)20(29)11-13)27-22(30)15-3-4-16-17(12-15)26-21(25-16)14-6-8-24-9-7-14/h2-9,11-12,18,28-29H,10H2,1H3,(H,25,26)(H,27,30)/t18-/m0/s1. The van der Waals surface area contributed by atoms with E-state index < -0.39 is 17.9 Å². The van der Waals surface area contributed by atoms with E-state index >= 15 is 0 Å². The molecule has 0 unspecified atom stereocenters. The summed E-state index contributed by atoms with van der Waals surface area (Å²) in [7, 11) is 1.23. The predicted molar refractivity (Wildman–Crippen MR) is 116 cm³/mol. The number of aromatic hydroxyl groups is 2. The molecular formula is C23H20N4O5. The summed E-state index contributed by atoms with van der Waals surface area (Å²) in [6.07, 6.45) is 3.41. The first-order valence-electron chi connectivity index (χ1n) is 9.74. The van der Waals surface area contributed by atoms with Crippen LogP contribution in [0.2, 0.25) is 0 Å². The Hall–Kier alpha value is -4.40. The first-order valence-corrected chi connectivity index (χ1v) is 9.74. The van der Waals surface area contributed by atoms with Crippen LogP contribution in [0.4, 0.5) is 0 Å². The number of hydrogen-bond donors (Lipinski definition) is 4. The molecule has 0 aliphatic rings. The third-order valence-corrected chi connectivity index (χ3v) is 4.97. The molecule has 4 aromatic rings. The molecule has 0 fully saturated rings. The number of methoxy groups -OCH3 is 1. The fourth-order valence-corrected chi connectivity index (χ4v) is 3.31. The van der Waals surface area contributed by atoms with Crippen molar-refractivity contribution in [2.75, 3.05) is 7.11 Å². The normalized spacial score (nSPS) is 11.8. The average Bonchev–Trinajstić information content (AvgIpc) is 3.24. The van der Waals surface area contributed by atoms with Crippen molar-refractivity contribution in [2.45, 2.75) is 12.5 Å². The molecule has 9 nitrogen and oxygen atoms in total. The number of phenols is 2. The Kier molecular flexibility index (Phi) is 5.71. The van der Waals surface area contributed by atoms with E-state index in [4.69, 9.17) is 4.74 Å². The van der Waals surface area contributed by atoms with E-state index in [9.17, 15) is 19.8 Å². The minimum Gasteiger partial charge on any atom is -0.504 e. The van der Waals surface area contributed by atoms with Gasteiger partial charge in [0.2, 0.25) is 0 Å². The number of rotatable bonds is 6. The number of pyridine rings is 1. The zero-order valence-corrected chi connectivity index (χ0v) is 17.1. The van der Waals surface area contributed by atoms with E-state index in [-0.39, 0.29) is 17.9 Å². The molecule has 4 rings (SSSR count). The van der Waals surface area contributed by atoms with Gasteiger partial charge in [0.05, 0.1) is 18.1 Å². The first-order chi connectivity index (χ1) is 15.4. The number of nitrogens with zero attached hydrogens (tertiary/aromatic N) is 2. The van der Waals surface area contributed by atoms with Gasteiger partial charge in [-0.25, -0.2) is 9.78 Å². The summed E-state index contributed by atoms with van der Waals surface area (Å²) in [5, 5.41) is 21.8. The number of fused-ring (bicyclic) bond motifs is 1. The minimum absolute atomic E-state index is 0.0742. The quantitative estimate of drug-likeness (QED) is 0.271. The summed E-state index contributed by atoms with van der Waals surface area (Å²) in [5.74, 6) is -1.03. The van der Waals surface area contributed by atoms with Crippen LogP contribution in [0.5, 0.6) is 11.5 Å². The van der Waals surface area contributed by atoms with Gasteiger partial charge < -0.3 is 25.3 Å². The Morgan fingerprint density at radius 1 is 1.06 bits per heavy atom. The number of carbonyl (C=O) groups is 2. The van der Waals surface area contributed by atoms with Crippen molar-refractivity contribution in [3.8, 4) is 22.9 Å². The van der Waals surface area contributed by atoms with Crippen molar-refractivity contribution >= 4 is 22.9 Å². The smallest absolute Gasteiger partial charge is 0.328 e. The molecule has 0 radical (unpaired) electrons. The van der Waals surface area contributed by atoms with Crippen LogP contribution in [0.1, 0.15) is 15.9 Å². The van der Waals surface area contributed by atoms with Crippen LogP contribution in [0.15, 0.2) is 60.9 Å². The molecule has 0 bridgehead atoms. The Bertz CT molecular complexity index is 1290. The second-order valence-electron chi connectivity index (χ2n) is 7.13. The van der Waals surface area contributed by atoms with Crippen LogP contribution in [-0.2, 0) is 16.0 Å². The summed E-state index contributed by atoms with van der Waals surface area (Å²) in [5.41, 5.74) is 3.11. The lowest BCUT2D eigenvalue weighted by atomic mass is 10.0. The van der Waals surface area contributed by atoms with Crippen molar-refractivity contribution in [3.05, 3.63) is 72.1 Å². The molecule has 32 heavy (non-hydrogen) atoms. The van der Waals surface area contributed by atoms with E-state index in [2.05, 4.69) is 20.3 Å². The van der Waals surface area contributed by atoms with Crippen molar-refractivity contribution in [1.29, 1.82) is 0 Å². The van der Waals surface area contributed by atoms with Crippen molar-refractivity contribution in [3.63, 3.8) is 0 Å². The molecule has 0 spiro atoms. The summed E-state index contributed by atoms with van der Waals surface area (Å²) >= 11 is 0. The summed E-state index contributed by atoms with van der Waals surface area (Å²) < 4.78 is 4.81. The molecule has 2 aromatic heterocycles. The van der Waals surface area contributed by atoms with Gasteiger partial charge in [-0.1, -0.05) is 6.07 Å². The summed E-state index contributed by atoms with van der Waals surface area (Å²) in [6.45, 7) is 0. The van der Waals surface area contributed by atoms with Gasteiger partial charge in [0.1, 0.15) is 11.9 Å². The van der Waals surface area contributed by atoms with E-state index in [0.717, 1.165) is 5.56 Å². The van der Waals surface area contributed by atoms with Crippen LogP contribution in [-0.4, -0.2) is 50.2 Å². The van der Waals surface area contributed by atoms with Crippen LogP contribution < -0.4 is 5.32 Å². The van der Waals surface area contributed by atoms with Gasteiger partial charge >= 0.3 is 5.97 Å². The van der Waals surface area contributed by atoms with E-state index in [1.54, 1.807) is 36.7 Å². The highest BCUT2D eigenvalue weighted by Crippen LogP contribution is 2.26. The molecule has 0 saturated heterocycles. The molecule has 4 N–H and O–H groups in total. The number of carbonyl (C=O) groups excluding carboxylic acids is 2. The number of imidazole rings is 1. The summed E-state index contributed by atoms with van der Waals surface area (Å²) in [6, 6.07) is 11.9. The van der Waals surface area contributed by atoms with Crippen LogP contribution in [0.25, 0.3) is 22.4 Å². The van der Waals surface area contributed by atoms with Gasteiger partial charge in [-0.15, -0.1) is 0 Å². The molecule has 1 amide bonds. The zero-order chi connectivity index (χ0) is 22.7. The van der Waals surface area contributed by atoms with Crippen LogP contribution in [0, 0.1) is 0 Å². The first kappa shape index (κ1) is 20.9. The molecule has 9 heteroatoms. The topological polar surface area (TPSA) is 137 Å². The SMILES string of the molecule is COC(=O)[C@H](Cc1ccc(O)c(O)c1)NC(=O)c1ccc2nc(-c3ccncc3)[nH]c2c1. The van der Waals surface area contributed by atoms with Crippen molar-refractivity contribution in [2.24, 2.45) is 0 Å². The summed E-state index contributed by atoms with van der Waals surface area (Å²) in [4.78, 5) is 36.8. The Labute approximate surface area is 182 Å². The maximum absolute atomic E-state index is 12.9. The lowest BCUT2D eigenvalue weighted by molar-refractivity contribution is -0.142. The molecule has 2 aromatic carbocycles. The molecule has 2 heterocycles. The molecular weight excluding hydrogens is 412 g/mol. The Morgan fingerprint density at radius 3 is 2.56 bits per heavy atom. The van der Waals surface area contributed by atoms with E-state index in [0.29, 0.717) is 28.0 Å². The fourth-order valence-electron chi connectivity index (χ4n) is 3.31. The Balaban J connectivity index is 1.55. The number of H-pyrrole nitrogens is 1. The minimum atomic E-state index is -0.985. The molecule has 1 atom stereocenters. The largest absolute Gasteiger partial charge is 0.504 e. The zero-order valence-electron chi connectivity index (χ0n) is 17.1. The second-order valence-corrected chi connectivity index (χ2v) is 7.13. The number of nitrogens with one attached hydrogen (secondary N) is 2. The van der Waals surface area contributed by atoms with Crippen LogP contribution >= 0.6 is 0 Å². The lowest BCUT2D eigenvalue weighted by Crippen LogP contribution is -2.43. The maximum atomic E-state index is 12.9. The number of amides is 1. The molecule has 0 aliphatic carbocycles. The van der Waals surface area contributed by atoms with Crippen molar-refractivity contribution < 1.29 is 24.5 Å². The molecule has 162 valence electrons.